The third kappa shape index (κ3) is 5.61. The molecule has 0 aromatic heterocycles. The zero-order valence-electron chi connectivity index (χ0n) is 17.5. The van der Waals surface area contributed by atoms with E-state index in [1.165, 1.54) is 5.56 Å². The second-order valence-corrected chi connectivity index (χ2v) is 7.61. The van der Waals surface area contributed by atoms with Crippen LogP contribution in [0.5, 0.6) is 5.75 Å². The van der Waals surface area contributed by atoms with Crippen LogP contribution in [0.25, 0.3) is 0 Å². The van der Waals surface area contributed by atoms with Gasteiger partial charge in [-0.1, -0.05) is 19.1 Å². The van der Waals surface area contributed by atoms with Crippen molar-refractivity contribution >= 4 is 5.96 Å². The first-order chi connectivity index (χ1) is 13.7. The fourth-order valence-corrected chi connectivity index (χ4v) is 3.88. The smallest absolute Gasteiger partial charge is 0.194 e. The van der Waals surface area contributed by atoms with Gasteiger partial charge in [0, 0.05) is 32.8 Å². The molecule has 3 unspecified atom stereocenters. The van der Waals surface area contributed by atoms with Crippen molar-refractivity contribution in [1.82, 2.24) is 10.2 Å². The molecule has 6 nitrogen and oxygen atoms in total. The maximum atomic E-state index is 5.98. The summed E-state index contributed by atoms with van der Waals surface area (Å²) in [7, 11) is 1.70. The van der Waals surface area contributed by atoms with Crippen LogP contribution >= 0.6 is 0 Å². The van der Waals surface area contributed by atoms with E-state index in [1.54, 1.807) is 7.11 Å². The van der Waals surface area contributed by atoms with Crippen molar-refractivity contribution in [2.75, 3.05) is 46.5 Å². The second kappa shape index (κ2) is 10.7. The Morgan fingerprint density at radius 2 is 2.04 bits per heavy atom. The minimum Gasteiger partial charge on any atom is -0.497 e. The van der Waals surface area contributed by atoms with Crippen LogP contribution in [0.2, 0.25) is 0 Å². The molecule has 3 rings (SSSR count). The molecule has 2 saturated heterocycles. The normalized spacial score (nSPS) is 24.2. The van der Waals surface area contributed by atoms with Gasteiger partial charge in [-0.2, -0.15) is 0 Å². The van der Waals surface area contributed by atoms with Gasteiger partial charge in [-0.3, -0.25) is 4.99 Å². The number of morpholine rings is 1. The summed E-state index contributed by atoms with van der Waals surface area (Å²) in [6.45, 7) is 9.37. The van der Waals surface area contributed by atoms with Crippen molar-refractivity contribution < 1.29 is 14.2 Å². The Bertz CT molecular complexity index is 614. The first-order valence-electron chi connectivity index (χ1n) is 10.6. The highest BCUT2D eigenvalue weighted by atomic mass is 16.5. The van der Waals surface area contributed by atoms with Gasteiger partial charge in [-0.05, 0) is 49.8 Å². The molecular formula is C22H35N3O3. The molecule has 0 amide bonds. The second-order valence-electron chi connectivity index (χ2n) is 7.61. The highest BCUT2D eigenvalue weighted by Gasteiger charge is 2.32. The summed E-state index contributed by atoms with van der Waals surface area (Å²) >= 11 is 0. The van der Waals surface area contributed by atoms with Crippen molar-refractivity contribution in [2.45, 2.75) is 51.2 Å². The molecule has 3 atom stereocenters. The van der Waals surface area contributed by atoms with E-state index in [0.717, 1.165) is 70.4 Å². The Hall–Kier alpha value is -1.79. The molecule has 1 aromatic carbocycles. The fourth-order valence-electron chi connectivity index (χ4n) is 3.88. The lowest BCUT2D eigenvalue weighted by molar-refractivity contribution is -0.0817. The molecule has 1 N–H and O–H groups in total. The molecule has 1 aromatic rings. The number of nitrogens with one attached hydrogen (secondary N) is 1. The summed E-state index contributed by atoms with van der Waals surface area (Å²) in [6, 6.07) is 8.34. The molecule has 0 radical (unpaired) electrons. The molecule has 0 aliphatic carbocycles. The van der Waals surface area contributed by atoms with Gasteiger partial charge >= 0.3 is 0 Å². The van der Waals surface area contributed by atoms with E-state index in [1.807, 2.05) is 12.1 Å². The fraction of sp³-hybridized carbons (Fsp3) is 0.682. The van der Waals surface area contributed by atoms with Gasteiger partial charge in [0.05, 0.1) is 19.8 Å². The van der Waals surface area contributed by atoms with Gasteiger partial charge in [0.2, 0.25) is 0 Å². The number of hydrogen-bond acceptors (Lipinski definition) is 4. The molecule has 2 heterocycles. The van der Waals surface area contributed by atoms with Gasteiger partial charge in [0.25, 0.3) is 0 Å². The summed E-state index contributed by atoms with van der Waals surface area (Å²) in [5.41, 5.74) is 1.32. The van der Waals surface area contributed by atoms with Crippen LogP contribution in [-0.2, 0) is 9.47 Å². The average molecular weight is 390 g/mol. The van der Waals surface area contributed by atoms with Gasteiger partial charge in [0.1, 0.15) is 11.9 Å². The molecular weight excluding hydrogens is 354 g/mol. The van der Waals surface area contributed by atoms with Crippen molar-refractivity contribution in [3.05, 3.63) is 29.8 Å². The van der Waals surface area contributed by atoms with Gasteiger partial charge in [-0.25, -0.2) is 0 Å². The summed E-state index contributed by atoms with van der Waals surface area (Å²) in [5.74, 6) is 2.36. The monoisotopic (exact) mass is 389 g/mol. The maximum absolute atomic E-state index is 5.98. The lowest BCUT2D eigenvalue weighted by Gasteiger charge is -2.37. The zero-order chi connectivity index (χ0) is 19.8. The summed E-state index contributed by atoms with van der Waals surface area (Å²) in [4.78, 5) is 7.24. The van der Waals surface area contributed by atoms with E-state index in [-0.39, 0.29) is 12.2 Å². The van der Waals surface area contributed by atoms with Crippen molar-refractivity contribution in [3.8, 4) is 5.75 Å². The molecule has 2 fully saturated rings. The number of ether oxygens (including phenoxy) is 3. The highest BCUT2D eigenvalue weighted by Crippen LogP contribution is 2.23. The Morgan fingerprint density at radius 3 is 2.71 bits per heavy atom. The molecule has 0 bridgehead atoms. The largest absolute Gasteiger partial charge is 0.497 e. The molecule has 2 aliphatic heterocycles. The van der Waals surface area contributed by atoms with E-state index >= 15 is 0 Å². The number of methoxy groups -OCH3 is 1. The van der Waals surface area contributed by atoms with Crippen LogP contribution in [-0.4, -0.2) is 69.6 Å². The van der Waals surface area contributed by atoms with Crippen molar-refractivity contribution in [3.63, 3.8) is 0 Å². The number of rotatable bonds is 7. The SMILES string of the molecule is CCNC(=NCCC(C)c1ccc(OC)cc1)N1CCOC(C2CCCO2)C1. The minimum absolute atomic E-state index is 0.151. The van der Waals surface area contributed by atoms with E-state index < -0.39 is 0 Å². The Kier molecular flexibility index (Phi) is 7.98. The third-order valence-electron chi connectivity index (χ3n) is 5.62. The first-order valence-corrected chi connectivity index (χ1v) is 10.6. The first kappa shape index (κ1) is 20.9. The Balaban J connectivity index is 1.55. The van der Waals surface area contributed by atoms with Crippen LogP contribution < -0.4 is 10.1 Å². The molecule has 6 heteroatoms. The van der Waals surface area contributed by atoms with Crippen LogP contribution in [0.15, 0.2) is 29.3 Å². The van der Waals surface area contributed by atoms with Gasteiger partial charge in [-0.15, -0.1) is 0 Å². The predicted molar refractivity (Wildman–Crippen MR) is 112 cm³/mol. The molecule has 2 aliphatic rings. The summed E-state index contributed by atoms with van der Waals surface area (Å²) in [6.07, 6.45) is 3.65. The predicted octanol–water partition coefficient (Wildman–Crippen LogP) is 3.03. The topological polar surface area (TPSA) is 55.3 Å². The zero-order valence-corrected chi connectivity index (χ0v) is 17.5. The van der Waals surface area contributed by atoms with Crippen LogP contribution in [0.4, 0.5) is 0 Å². The van der Waals surface area contributed by atoms with Crippen LogP contribution in [0.1, 0.15) is 44.6 Å². The molecule has 0 spiro atoms. The lowest BCUT2D eigenvalue weighted by atomic mass is 9.98. The summed E-state index contributed by atoms with van der Waals surface area (Å²) < 4.78 is 17.1. The van der Waals surface area contributed by atoms with Gasteiger partial charge < -0.3 is 24.4 Å². The third-order valence-corrected chi connectivity index (χ3v) is 5.62. The number of nitrogens with zero attached hydrogens (tertiary/aromatic N) is 2. The molecule has 28 heavy (non-hydrogen) atoms. The average Bonchev–Trinajstić information content (AvgIpc) is 3.28. The van der Waals surface area contributed by atoms with E-state index in [4.69, 9.17) is 19.2 Å². The number of guanidine groups is 1. The minimum atomic E-state index is 0.151. The van der Waals surface area contributed by atoms with E-state index in [2.05, 4.69) is 36.2 Å². The quantitative estimate of drug-likeness (QED) is 0.574. The Morgan fingerprint density at radius 1 is 1.25 bits per heavy atom. The Labute approximate surface area is 169 Å². The molecule has 156 valence electrons. The number of aliphatic imine (C=N–C) groups is 1. The maximum Gasteiger partial charge on any atom is 0.194 e. The molecule has 0 saturated carbocycles. The van der Waals surface area contributed by atoms with Crippen molar-refractivity contribution in [2.24, 2.45) is 4.99 Å². The van der Waals surface area contributed by atoms with Crippen LogP contribution in [0.3, 0.4) is 0 Å². The van der Waals surface area contributed by atoms with Gasteiger partial charge in [0.15, 0.2) is 5.96 Å². The van der Waals surface area contributed by atoms with Crippen molar-refractivity contribution in [1.29, 1.82) is 0 Å². The van der Waals surface area contributed by atoms with E-state index in [9.17, 15) is 0 Å². The summed E-state index contributed by atoms with van der Waals surface area (Å²) in [5, 5.41) is 3.46. The number of hydrogen-bond donors (Lipinski definition) is 1. The standard InChI is InChI=1S/C22H35N3O3/c1-4-23-22(25-13-15-28-21(16-25)20-6-5-14-27-20)24-12-11-17(2)18-7-9-19(26-3)10-8-18/h7-10,17,20-21H,4-6,11-16H2,1-3H3,(H,23,24). The highest BCUT2D eigenvalue weighted by molar-refractivity contribution is 5.80. The lowest BCUT2D eigenvalue weighted by Crippen LogP contribution is -2.53. The van der Waals surface area contributed by atoms with E-state index in [0.29, 0.717) is 5.92 Å². The number of benzene rings is 1. The van der Waals surface area contributed by atoms with Crippen LogP contribution in [0, 0.1) is 0 Å².